The van der Waals surface area contributed by atoms with E-state index in [-0.39, 0.29) is 5.91 Å². The number of nitrogens with one attached hydrogen (secondary N) is 1. The quantitative estimate of drug-likeness (QED) is 0.845. The van der Waals surface area contributed by atoms with Crippen molar-refractivity contribution in [2.45, 2.75) is 19.8 Å². The molecule has 1 N–H and O–H groups in total. The fourth-order valence-electron chi connectivity index (χ4n) is 2.35. The minimum absolute atomic E-state index is 0.0434. The van der Waals surface area contributed by atoms with Gasteiger partial charge in [-0.05, 0) is 30.9 Å². The van der Waals surface area contributed by atoms with Crippen molar-refractivity contribution < 1.29 is 4.79 Å². The van der Waals surface area contributed by atoms with E-state index >= 15 is 0 Å². The number of carbonyl (C=O) groups is 1. The topological polar surface area (TPSA) is 45.2 Å². The average molecular weight is 259 g/mol. The summed E-state index contributed by atoms with van der Waals surface area (Å²) < 4.78 is 0. The molecule has 1 saturated heterocycles. The summed E-state index contributed by atoms with van der Waals surface area (Å²) in [5.41, 5.74) is 1.43. The summed E-state index contributed by atoms with van der Waals surface area (Å²) in [4.78, 5) is 18.5. The van der Waals surface area contributed by atoms with E-state index in [9.17, 15) is 4.79 Å². The van der Waals surface area contributed by atoms with Gasteiger partial charge in [-0.1, -0.05) is 13.0 Å². The maximum atomic E-state index is 12.3. The Balaban J connectivity index is 2.00. The maximum absolute atomic E-state index is 12.3. The molecule has 1 unspecified atom stereocenters. The van der Waals surface area contributed by atoms with Gasteiger partial charge in [0.2, 0.25) is 0 Å². The van der Waals surface area contributed by atoms with Crippen LogP contribution in [0.1, 0.15) is 30.3 Å². The third kappa shape index (κ3) is 3.56. The molecule has 1 aliphatic rings. The zero-order chi connectivity index (χ0) is 13.7. The average Bonchev–Trinajstić information content (AvgIpc) is 2.45. The van der Waals surface area contributed by atoms with Crippen LogP contribution in [-0.4, -0.2) is 35.4 Å². The van der Waals surface area contributed by atoms with Gasteiger partial charge in [0, 0.05) is 19.6 Å². The van der Waals surface area contributed by atoms with Crippen LogP contribution in [0.2, 0.25) is 0 Å². The van der Waals surface area contributed by atoms with Crippen molar-refractivity contribution in [2.24, 2.45) is 5.92 Å². The largest absolute Gasteiger partial charge is 0.380 e. The number of carbonyl (C=O) groups excluding carboxylic acids is 1. The third-order valence-corrected chi connectivity index (χ3v) is 3.38. The van der Waals surface area contributed by atoms with Crippen LogP contribution in [0.5, 0.6) is 0 Å². The predicted molar refractivity (Wildman–Crippen MR) is 77.2 cm³/mol. The Hall–Kier alpha value is -1.84. The summed E-state index contributed by atoms with van der Waals surface area (Å²) in [5.74, 6) is 0.632. The number of nitrogens with zero attached hydrogens (tertiary/aromatic N) is 2. The normalized spacial score (nSPS) is 19.0. The first kappa shape index (κ1) is 13.6. The summed E-state index contributed by atoms with van der Waals surface area (Å²) in [6, 6.07) is 3.67. The monoisotopic (exact) mass is 259 g/mol. The van der Waals surface area contributed by atoms with Crippen LogP contribution in [0.25, 0.3) is 0 Å². The molecule has 1 aromatic heterocycles. The molecule has 0 bridgehead atoms. The first-order chi connectivity index (χ1) is 9.20. The summed E-state index contributed by atoms with van der Waals surface area (Å²) in [6.07, 6.45) is 5.78. The Kier molecular flexibility index (Phi) is 4.55. The molecule has 2 heterocycles. The van der Waals surface area contributed by atoms with Gasteiger partial charge in [0.25, 0.3) is 5.91 Å². The smallest absolute Gasteiger partial charge is 0.272 e. The second-order valence-corrected chi connectivity index (χ2v) is 5.10. The number of pyridine rings is 1. The highest BCUT2D eigenvalue weighted by Gasteiger charge is 2.22. The van der Waals surface area contributed by atoms with Crippen LogP contribution in [0.3, 0.4) is 0 Å². The van der Waals surface area contributed by atoms with E-state index in [1.807, 2.05) is 11.0 Å². The number of amides is 1. The molecule has 0 aliphatic carbocycles. The lowest BCUT2D eigenvalue weighted by Gasteiger charge is -2.30. The van der Waals surface area contributed by atoms with Gasteiger partial charge < -0.3 is 10.2 Å². The van der Waals surface area contributed by atoms with Crippen molar-refractivity contribution in [1.29, 1.82) is 0 Å². The van der Waals surface area contributed by atoms with Crippen molar-refractivity contribution in [3.8, 4) is 0 Å². The second-order valence-electron chi connectivity index (χ2n) is 5.10. The molecule has 4 nitrogen and oxygen atoms in total. The molecule has 19 heavy (non-hydrogen) atoms. The van der Waals surface area contributed by atoms with Gasteiger partial charge in [-0.15, -0.1) is 6.58 Å². The van der Waals surface area contributed by atoms with E-state index in [0.717, 1.165) is 25.2 Å². The fraction of sp³-hybridized carbons (Fsp3) is 0.467. The van der Waals surface area contributed by atoms with Gasteiger partial charge >= 0.3 is 0 Å². The second kappa shape index (κ2) is 6.36. The van der Waals surface area contributed by atoms with Crippen LogP contribution in [0, 0.1) is 5.92 Å². The van der Waals surface area contributed by atoms with Gasteiger partial charge in [-0.2, -0.15) is 0 Å². The molecule has 0 spiro atoms. The highest BCUT2D eigenvalue weighted by molar-refractivity contribution is 5.92. The molecule has 1 fully saturated rings. The highest BCUT2D eigenvalue weighted by Crippen LogP contribution is 2.17. The molecule has 0 radical (unpaired) electrons. The van der Waals surface area contributed by atoms with Gasteiger partial charge in [0.15, 0.2) is 0 Å². The first-order valence-corrected chi connectivity index (χ1v) is 6.81. The van der Waals surface area contributed by atoms with Crippen LogP contribution < -0.4 is 5.32 Å². The van der Waals surface area contributed by atoms with Gasteiger partial charge in [-0.25, -0.2) is 4.98 Å². The number of anilines is 1. The van der Waals surface area contributed by atoms with Gasteiger partial charge in [0.1, 0.15) is 5.69 Å². The first-order valence-electron chi connectivity index (χ1n) is 6.81. The van der Waals surface area contributed by atoms with Crippen molar-refractivity contribution >= 4 is 11.6 Å². The minimum Gasteiger partial charge on any atom is -0.380 e. The van der Waals surface area contributed by atoms with Crippen LogP contribution in [0.4, 0.5) is 5.69 Å². The maximum Gasteiger partial charge on any atom is 0.272 e. The van der Waals surface area contributed by atoms with E-state index < -0.39 is 0 Å². The Morgan fingerprint density at radius 3 is 3.11 bits per heavy atom. The molecule has 2 rings (SSSR count). The summed E-state index contributed by atoms with van der Waals surface area (Å²) in [7, 11) is 0. The molecule has 1 atom stereocenters. The number of aromatic nitrogens is 1. The van der Waals surface area contributed by atoms with Crippen LogP contribution in [0.15, 0.2) is 31.0 Å². The SMILES string of the molecule is C=CCNc1ccc(C(=O)N2CCCC(C)C2)nc1. The zero-order valence-corrected chi connectivity index (χ0v) is 11.4. The number of piperidine rings is 1. The van der Waals surface area contributed by atoms with Crippen molar-refractivity contribution in [2.75, 3.05) is 25.0 Å². The van der Waals surface area contributed by atoms with Gasteiger partial charge in [-0.3, -0.25) is 4.79 Å². The van der Waals surface area contributed by atoms with Crippen LogP contribution >= 0.6 is 0 Å². The number of hydrogen-bond acceptors (Lipinski definition) is 3. The molecule has 0 aromatic carbocycles. The number of rotatable bonds is 4. The zero-order valence-electron chi connectivity index (χ0n) is 11.4. The summed E-state index contributed by atoms with van der Waals surface area (Å²) >= 11 is 0. The molecular weight excluding hydrogens is 238 g/mol. The molecule has 102 valence electrons. The van der Waals surface area contributed by atoms with Crippen LogP contribution in [-0.2, 0) is 0 Å². The molecule has 4 heteroatoms. The highest BCUT2D eigenvalue weighted by atomic mass is 16.2. The molecule has 1 aliphatic heterocycles. The van der Waals surface area contributed by atoms with E-state index in [4.69, 9.17) is 0 Å². The lowest BCUT2D eigenvalue weighted by Crippen LogP contribution is -2.39. The molecular formula is C15H21N3O. The van der Waals surface area contributed by atoms with Gasteiger partial charge in [0.05, 0.1) is 11.9 Å². The van der Waals surface area contributed by atoms with Crippen molar-refractivity contribution in [3.63, 3.8) is 0 Å². The van der Waals surface area contributed by atoms with E-state index in [1.54, 1.807) is 18.3 Å². The van der Waals surface area contributed by atoms with Crippen molar-refractivity contribution in [1.82, 2.24) is 9.88 Å². The minimum atomic E-state index is 0.0434. The molecule has 1 amide bonds. The third-order valence-electron chi connectivity index (χ3n) is 3.38. The Morgan fingerprint density at radius 1 is 1.63 bits per heavy atom. The lowest BCUT2D eigenvalue weighted by atomic mass is 10.00. The predicted octanol–water partition coefficient (Wildman–Crippen LogP) is 2.55. The summed E-state index contributed by atoms with van der Waals surface area (Å²) in [5, 5.41) is 3.14. The number of likely N-dealkylation sites (tertiary alicyclic amines) is 1. The molecule has 1 aromatic rings. The Morgan fingerprint density at radius 2 is 2.47 bits per heavy atom. The standard InChI is InChI=1S/C15H21N3O/c1-3-8-16-13-6-7-14(17-10-13)15(19)18-9-4-5-12(2)11-18/h3,6-7,10,12,16H,1,4-5,8-9,11H2,2H3. The van der Waals surface area contributed by atoms with E-state index in [2.05, 4.69) is 23.8 Å². The lowest BCUT2D eigenvalue weighted by molar-refractivity contribution is 0.0677. The van der Waals surface area contributed by atoms with E-state index in [0.29, 0.717) is 18.2 Å². The summed E-state index contributed by atoms with van der Waals surface area (Å²) in [6.45, 7) is 8.22. The van der Waals surface area contributed by atoms with E-state index in [1.165, 1.54) is 6.42 Å². The Labute approximate surface area is 114 Å². The Bertz CT molecular complexity index is 441. The fourth-order valence-corrected chi connectivity index (χ4v) is 2.35. The van der Waals surface area contributed by atoms with Crippen molar-refractivity contribution in [3.05, 3.63) is 36.7 Å². The molecule has 0 saturated carbocycles. The number of hydrogen-bond donors (Lipinski definition) is 1.